The van der Waals surface area contributed by atoms with Crippen molar-refractivity contribution in [3.63, 3.8) is 0 Å². The highest BCUT2D eigenvalue weighted by Gasteiger charge is 2.28. The largest absolute Gasteiger partial charge is 0.481 e. The summed E-state index contributed by atoms with van der Waals surface area (Å²) in [5.41, 5.74) is 1.98. The average molecular weight is 465 g/mol. The Hall–Kier alpha value is -3.98. The van der Waals surface area contributed by atoms with Crippen molar-refractivity contribution >= 4 is 16.9 Å². The molecule has 0 aliphatic heterocycles. The number of carbonyl (C=O) groups is 1. The van der Waals surface area contributed by atoms with Gasteiger partial charge in [0.2, 0.25) is 0 Å². The summed E-state index contributed by atoms with van der Waals surface area (Å²) in [5.74, 6) is -4.35. The average Bonchev–Trinajstić information content (AvgIpc) is 2.84. The lowest BCUT2D eigenvalue weighted by Crippen LogP contribution is -2.37. The number of halogens is 2. The van der Waals surface area contributed by atoms with E-state index in [9.17, 15) is 28.6 Å². The van der Waals surface area contributed by atoms with E-state index in [1.165, 1.54) is 6.07 Å². The summed E-state index contributed by atoms with van der Waals surface area (Å²) in [7, 11) is 0. The van der Waals surface area contributed by atoms with Gasteiger partial charge in [0.15, 0.2) is 11.6 Å². The molecule has 0 aliphatic carbocycles. The third kappa shape index (κ3) is 4.99. The summed E-state index contributed by atoms with van der Waals surface area (Å²) in [5, 5.41) is 28.3. The molecular formula is C25H21F2N3O4. The number of hydrogen-bond donors (Lipinski definition) is 2. The van der Waals surface area contributed by atoms with Crippen molar-refractivity contribution in [2.24, 2.45) is 5.92 Å². The van der Waals surface area contributed by atoms with Gasteiger partial charge >= 0.3 is 5.97 Å². The predicted molar refractivity (Wildman–Crippen MR) is 121 cm³/mol. The molecule has 4 rings (SSSR count). The molecule has 0 aliphatic rings. The number of fused-ring (bicyclic) bond motifs is 1. The Morgan fingerprint density at radius 3 is 2.38 bits per heavy atom. The summed E-state index contributed by atoms with van der Waals surface area (Å²) in [6.45, 7) is -0.317. The van der Waals surface area contributed by atoms with Crippen molar-refractivity contribution in [2.45, 2.75) is 25.5 Å². The second-order valence-corrected chi connectivity index (χ2v) is 7.97. The van der Waals surface area contributed by atoms with Crippen LogP contribution in [0.25, 0.3) is 22.0 Å². The van der Waals surface area contributed by atoms with Gasteiger partial charge in [0.25, 0.3) is 5.56 Å². The van der Waals surface area contributed by atoms with Crippen LogP contribution in [0.1, 0.15) is 12.0 Å². The zero-order chi connectivity index (χ0) is 24.2. The quantitative estimate of drug-likeness (QED) is 0.413. The van der Waals surface area contributed by atoms with Gasteiger partial charge in [-0.2, -0.15) is 0 Å². The van der Waals surface area contributed by atoms with Gasteiger partial charge in [-0.15, -0.1) is 5.10 Å². The highest BCUT2D eigenvalue weighted by atomic mass is 19.2. The van der Waals surface area contributed by atoms with Crippen molar-refractivity contribution in [1.82, 2.24) is 15.0 Å². The maximum absolute atomic E-state index is 13.5. The molecule has 4 aromatic rings. The predicted octanol–water partition coefficient (Wildman–Crippen LogP) is 3.43. The molecule has 1 heterocycles. The van der Waals surface area contributed by atoms with Crippen LogP contribution in [0.3, 0.4) is 0 Å². The lowest BCUT2D eigenvalue weighted by molar-refractivity contribution is -0.146. The molecule has 0 saturated heterocycles. The number of rotatable bonds is 8. The van der Waals surface area contributed by atoms with Gasteiger partial charge in [-0.05, 0) is 53.8 Å². The number of aliphatic hydroxyl groups is 1. The SMILES string of the molecule is O=C(O)[C@@H](Cn1nnc2ccccc2c1=O)[C@H](O)CCc1ccc(-c2ccc(F)c(F)c2)cc1. The lowest BCUT2D eigenvalue weighted by atomic mass is 9.95. The fourth-order valence-corrected chi connectivity index (χ4v) is 3.75. The Labute approximate surface area is 192 Å². The van der Waals surface area contributed by atoms with Gasteiger partial charge in [-0.25, -0.2) is 13.5 Å². The number of aryl methyl sites for hydroxylation is 1. The minimum Gasteiger partial charge on any atom is -0.481 e. The van der Waals surface area contributed by atoms with Gasteiger partial charge < -0.3 is 10.2 Å². The van der Waals surface area contributed by atoms with Crippen molar-refractivity contribution in [2.75, 3.05) is 0 Å². The van der Waals surface area contributed by atoms with Gasteiger partial charge in [0, 0.05) is 0 Å². The maximum atomic E-state index is 13.5. The van der Waals surface area contributed by atoms with Crippen LogP contribution in [-0.2, 0) is 17.8 Å². The molecule has 2 N–H and O–H groups in total. The minimum absolute atomic E-state index is 0.136. The zero-order valence-corrected chi connectivity index (χ0v) is 17.9. The van der Waals surface area contributed by atoms with Crippen LogP contribution in [0.2, 0.25) is 0 Å². The molecule has 0 radical (unpaired) electrons. The standard InChI is InChI=1S/C25H21F2N3O4/c26-20-11-10-17(13-21(20)27)16-8-5-15(6-9-16)7-12-23(31)19(25(33)34)14-30-24(32)18-3-1-2-4-22(18)28-29-30/h1-6,8-11,13,19,23,31H,7,12,14H2,(H,33,34)/t19-,23+/m0/s1. The summed E-state index contributed by atoms with van der Waals surface area (Å²) < 4.78 is 27.6. The van der Waals surface area contributed by atoms with E-state index in [-0.39, 0.29) is 13.0 Å². The number of aliphatic hydroxyl groups excluding tert-OH is 1. The number of hydrogen-bond acceptors (Lipinski definition) is 5. The second kappa shape index (κ2) is 9.88. The summed E-state index contributed by atoms with van der Waals surface area (Å²) in [4.78, 5) is 24.4. The number of benzene rings is 3. The minimum atomic E-state index is -1.25. The van der Waals surface area contributed by atoms with Gasteiger partial charge in [-0.1, -0.05) is 47.7 Å². The zero-order valence-electron chi connectivity index (χ0n) is 17.9. The Morgan fingerprint density at radius 2 is 1.68 bits per heavy atom. The van der Waals surface area contributed by atoms with Gasteiger partial charge in [-0.3, -0.25) is 9.59 Å². The van der Waals surface area contributed by atoms with Gasteiger partial charge in [0.1, 0.15) is 11.4 Å². The van der Waals surface area contributed by atoms with E-state index in [0.717, 1.165) is 22.4 Å². The number of carboxylic acid groups (broad SMARTS) is 1. The molecule has 0 saturated carbocycles. The lowest BCUT2D eigenvalue weighted by Gasteiger charge is -2.19. The molecule has 3 aromatic carbocycles. The normalized spacial score (nSPS) is 13.0. The molecule has 9 heteroatoms. The van der Waals surface area contributed by atoms with Crippen molar-refractivity contribution in [3.05, 3.63) is 94.3 Å². The Morgan fingerprint density at radius 1 is 0.971 bits per heavy atom. The summed E-state index contributed by atoms with van der Waals surface area (Å²) in [6.07, 6.45) is -0.720. The van der Waals surface area contributed by atoms with E-state index in [1.54, 1.807) is 48.5 Å². The molecule has 0 amide bonds. The first-order valence-corrected chi connectivity index (χ1v) is 10.6. The van der Waals surface area contributed by atoms with Crippen LogP contribution < -0.4 is 5.56 Å². The molecule has 0 fully saturated rings. The molecule has 2 atom stereocenters. The first kappa shape index (κ1) is 23.2. The Bertz CT molecular complexity index is 1390. The first-order chi connectivity index (χ1) is 16.3. The van der Waals surface area contributed by atoms with E-state index in [2.05, 4.69) is 10.3 Å². The number of carboxylic acids is 1. The van der Waals surface area contributed by atoms with Crippen LogP contribution >= 0.6 is 0 Å². The van der Waals surface area contributed by atoms with Crippen molar-refractivity contribution in [1.29, 1.82) is 0 Å². The molecule has 0 unspecified atom stereocenters. The molecule has 0 spiro atoms. The smallest absolute Gasteiger partial charge is 0.311 e. The highest BCUT2D eigenvalue weighted by molar-refractivity contribution is 5.76. The van der Waals surface area contributed by atoms with Gasteiger partial charge in [0.05, 0.1) is 18.0 Å². The van der Waals surface area contributed by atoms with E-state index in [1.807, 2.05) is 0 Å². The first-order valence-electron chi connectivity index (χ1n) is 10.6. The number of nitrogens with zero attached hydrogens (tertiary/aromatic N) is 3. The Kier molecular flexibility index (Phi) is 6.74. The number of aromatic nitrogens is 3. The fraction of sp³-hybridized carbons (Fsp3) is 0.200. The maximum Gasteiger partial charge on any atom is 0.311 e. The molecule has 1 aromatic heterocycles. The summed E-state index contributed by atoms with van der Waals surface area (Å²) in [6, 6.07) is 17.3. The molecular weight excluding hydrogens is 444 g/mol. The van der Waals surface area contributed by atoms with Crippen LogP contribution in [0.15, 0.2) is 71.5 Å². The third-order valence-electron chi connectivity index (χ3n) is 5.72. The van der Waals surface area contributed by atoms with E-state index in [4.69, 9.17) is 0 Å². The van der Waals surface area contributed by atoms with Crippen LogP contribution in [0.5, 0.6) is 0 Å². The van der Waals surface area contributed by atoms with Crippen LogP contribution in [0, 0.1) is 17.6 Å². The van der Waals surface area contributed by atoms with E-state index >= 15 is 0 Å². The van der Waals surface area contributed by atoms with Crippen LogP contribution in [-0.4, -0.2) is 37.3 Å². The van der Waals surface area contributed by atoms with Crippen molar-refractivity contribution < 1.29 is 23.8 Å². The highest BCUT2D eigenvalue weighted by Crippen LogP contribution is 2.23. The van der Waals surface area contributed by atoms with Crippen molar-refractivity contribution in [3.8, 4) is 11.1 Å². The van der Waals surface area contributed by atoms with Crippen LogP contribution in [0.4, 0.5) is 8.78 Å². The fourth-order valence-electron chi connectivity index (χ4n) is 3.75. The molecule has 34 heavy (non-hydrogen) atoms. The topological polar surface area (TPSA) is 105 Å². The monoisotopic (exact) mass is 465 g/mol. The molecule has 0 bridgehead atoms. The Balaban J connectivity index is 1.44. The second-order valence-electron chi connectivity index (χ2n) is 7.97. The van der Waals surface area contributed by atoms with E-state index < -0.39 is 35.2 Å². The summed E-state index contributed by atoms with van der Waals surface area (Å²) >= 11 is 0. The van der Waals surface area contributed by atoms with E-state index in [0.29, 0.717) is 28.5 Å². The number of aliphatic carboxylic acids is 1. The molecule has 7 nitrogen and oxygen atoms in total. The molecule has 174 valence electrons. The third-order valence-corrected chi connectivity index (χ3v) is 5.72.